The van der Waals surface area contributed by atoms with E-state index in [1.807, 2.05) is 29.3 Å². The van der Waals surface area contributed by atoms with Crippen molar-refractivity contribution in [3.63, 3.8) is 0 Å². The van der Waals surface area contributed by atoms with Crippen molar-refractivity contribution in [1.82, 2.24) is 15.2 Å². The molecule has 0 amide bonds. The lowest BCUT2D eigenvalue weighted by atomic mass is 10.1. The Hall–Kier alpha value is -1.77. The second-order valence-corrected chi connectivity index (χ2v) is 8.34. The summed E-state index contributed by atoms with van der Waals surface area (Å²) in [7, 11) is 0. The summed E-state index contributed by atoms with van der Waals surface area (Å²) in [6.07, 6.45) is 2.46. The summed E-state index contributed by atoms with van der Waals surface area (Å²) in [5.74, 6) is 0. The number of aromatic nitrogens is 2. The molecule has 9 heteroatoms. The maximum absolute atomic E-state index is 6.32. The molecule has 4 rings (SSSR count). The number of H-pyrrole nitrogens is 1. The predicted molar refractivity (Wildman–Crippen MR) is 113 cm³/mol. The Kier molecular flexibility index (Phi) is 5.29. The van der Waals surface area contributed by atoms with Gasteiger partial charge in [0, 0.05) is 17.0 Å². The average Bonchev–Trinajstić information content (AvgIpc) is 3.24. The largest absolute Gasteiger partial charge is 0.326 e. The van der Waals surface area contributed by atoms with Gasteiger partial charge in [-0.3, -0.25) is 10.1 Å². The van der Waals surface area contributed by atoms with Crippen LogP contribution in [0.1, 0.15) is 11.1 Å². The number of nitrogens with two attached hydrogens (primary N) is 2. The summed E-state index contributed by atoms with van der Waals surface area (Å²) in [5.41, 5.74) is 15.3. The standard InChI is InChI=1S/C18H18Cl2N6S/c19-14-3-1-10(6-15(14)20)5-13(21)9-26-18(22)27-17(25-26)11-2-4-16-12(7-11)8-23-24-16/h1-4,6-8,13,18H,5,9,21-22H2,(H,23,24)/t13-,18?/m1/s1. The average molecular weight is 421 g/mol. The van der Waals surface area contributed by atoms with Crippen molar-refractivity contribution in [2.75, 3.05) is 6.54 Å². The van der Waals surface area contributed by atoms with Gasteiger partial charge in [0.1, 0.15) is 10.5 Å². The van der Waals surface area contributed by atoms with Crippen LogP contribution in [0, 0.1) is 0 Å². The number of aromatic amines is 1. The number of rotatable bonds is 5. The summed E-state index contributed by atoms with van der Waals surface area (Å²) in [4.78, 5) is 0. The topological polar surface area (TPSA) is 96.3 Å². The second kappa shape index (κ2) is 7.69. The smallest absolute Gasteiger partial charge is 0.147 e. The molecule has 1 aromatic heterocycles. The molecule has 0 fully saturated rings. The molecule has 2 atom stereocenters. The van der Waals surface area contributed by atoms with Gasteiger partial charge in [-0.1, -0.05) is 47.1 Å². The van der Waals surface area contributed by atoms with Crippen LogP contribution in [0.5, 0.6) is 0 Å². The fourth-order valence-electron chi connectivity index (χ4n) is 2.99. The third-order valence-corrected chi connectivity index (χ3v) is 6.10. The fourth-order valence-corrected chi connectivity index (χ4v) is 4.21. The van der Waals surface area contributed by atoms with Crippen molar-refractivity contribution in [3.05, 3.63) is 63.8 Å². The van der Waals surface area contributed by atoms with Gasteiger partial charge in [-0.2, -0.15) is 10.2 Å². The monoisotopic (exact) mass is 420 g/mol. The Labute approximate surface area is 170 Å². The van der Waals surface area contributed by atoms with E-state index in [4.69, 9.17) is 34.7 Å². The summed E-state index contributed by atoms with van der Waals surface area (Å²) < 4.78 is 0. The van der Waals surface area contributed by atoms with E-state index in [1.165, 1.54) is 11.8 Å². The molecule has 0 spiro atoms. The molecule has 0 aliphatic carbocycles. The van der Waals surface area contributed by atoms with Gasteiger partial charge in [-0.15, -0.1) is 0 Å². The van der Waals surface area contributed by atoms with Crippen LogP contribution in [0.3, 0.4) is 0 Å². The van der Waals surface area contributed by atoms with Crippen LogP contribution in [0.2, 0.25) is 10.0 Å². The lowest BCUT2D eigenvalue weighted by Crippen LogP contribution is -2.42. The van der Waals surface area contributed by atoms with E-state index in [-0.39, 0.29) is 11.5 Å². The molecule has 0 saturated heterocycles. The van der Waals surface area contributed by atoms with Gasteiger partial charge in [0.25, 0.3) is 0 Å². The van der Waals surface area contributed by atoms with Crippen LogP contribution >= 0.6 is 35.0 Å². The van der Waals surface area contributed by atoms with Crippen molar-refractivity contribution < 1.29 is 0 Å². The molecule has 0 bridgehead atoms. The van der Waals surface area contributed by atoms with Gasteiger partial charge in [0.2, 0.25) is 0 Å². The summed E-state index contributed by atoms with van der Waals surface area (Å²) in [6, 6.07) is 11.5. The number of halogens is 2. The summed E-state index contributed by atoms with van der Waals surface area (Å²) in [5, 5.41) is 16.5. The second-order valence-electron chi connectivity index (χ2n) is 6.42. The van der Waals surface area contributed by atoms with Crippen LogP contribution in [-0.4, -0.2) is 38.3 Å². The van der Waals surface area contributed by atoms with E-state index in [0.717, 1.165) is 27.1 Å². The number of hydrogen-bond donors (Lipinski definition) is 3. The van der Waals surface area contributed by atoms with Gasteiger partial charge < -0.3 is 11.5 Å². The number of nitrogens with one attached hydrogen (secondary N) is 1. The van der Waals surface area contributed by atoms with Gasteiger partial charge >= 0.3 is 0 Å². The van der Waals surface area contributed by atoms with E-state index in [9.17, 15) is 0 Å². The molecule has 6 nitrogen and oxygen atoms in total. The highest BCUT2D eigenvalue weighted by atomic mass is 35.5. The number of thioether (sulfide) groups is 1. The van der Waals surface area contributed by atoms with Crippen LogP contribution in [0.25, 0.3) is 10.9 Å². The Balaban J connectivity index is 1.45. The Morgan fingerprint density at radius 2 is 2.04 bits per heavy atom. The zero-order chi connectivity index (χ0) is 19.0. The van der Waals surface area contributed by atoms with Crippen molar-refractivity contribution in [1.29, 1.82) is 0 Å². The number of hydrazone groups is 1. The highest BCUT2D eigenvalue weighted by Gasteiger charge is 2.26. The minimum absolute atomic E-state index is 0.131. The van der Waals surface area contributed by atoms with Gasteiger partial charge in [-0.25, -0.2) is 0 Å². The zero-order valence-electron chi connectivity index (χ0n) is 14.3. The van der Waals surface area contributed by atoms with Gasteiger partial charge in [-0.05, 0) is 36.2 Å². The molecule has 27 heavy (non-hydrogen) atoms. The molecule has 3 aromatic rings. The minimum atomic E-state index is -0.264. The minimum Gasteiger partial charge on any atom is -0.326 e. The van der Waals surface area contributed by atoms with Crippen molar-refractivity contribution in [2.45, 2.75) is 18.0 Å². The van der Waals surface area contributed by atoms with E-state index in [1.54, 1.807) is 12.3 Å². The molecular formula is C18H18Cl2N6S. The molecule has 1 aliphatic heterocycles. The highest BCUT2D eigenvalue weighted by molar-refractivity contribution is 8.15. The van der Waals surface area contributed by atoms with Crippen molar-refractivity contribution in [3.8, 4) is 0 Å². The number of benzene rings is 2. The Morgan fingerprint density at radius 1 is 1.19 bits per heavy atom. The van der Waals surface area contributed by atoms with Crippen LogP contribution in [0.4, 0.5) is 0 Å². The molecule has 1 unspecified atom stereocenters. The molecule has 1 aliphatic rings. The van der Waals surface area contributed by atoms with Crippen LogP contribution in [0.15, 0.2) is 47.7 Å². The Bertz CT molecular complexity index is 1000. The molecule has 0 saturated carbocycles. The third-order valence-electron chi connectivity index (χ3n) is 4.34. The molecule has 2 heterocycles. The lowest BCUT2D eigenvalue weighted by molar-refractivity contribution is 0.261. The van der Waals surface area contributed by atoms with Crippen LogP contribution in [-0.2, 0) is 6.42 Å². The lowest BCUT2D eigenvalue weighted by Gasteiger charge is -2.22. The SMILES string of the molecule is NC1SC(c2ccc3[nH]ncc3c2)=NN1C[C@H](N)Cc1ccc(Cl)c(Cl)c1. The molecular weight excluding hydrogens is 403 g/mol. The fraction of sp³-hybridized carbons (Fsp3) is 0.222. The quantitative estimate of drug-likeness (QED) is 0.587. The third kappa shape index (κ3) is 4.07. The van der Waals surface area contributed by atoms with E-state index in [2.05, 4.69) is 21.4 Å². The van der Waals surface area contributed by atoms with E-state index in [0.29, 0.717) is 23.0 Å². The number of hydrogen-bond acceptors (Lipinski definition) is 6. The Morgan fingerprint density at radius 3 is 2.85 bits per heavy atom. The number of nitrogens with zero attached hydrogens (tertiary/aromatic N) is 3. The first-order chi connectivity index (χ1) is 13.0. The summed E-state index contributed by atoms with van der Waals surface area (Å²) >= 11 is 13.6. The van der Waals surface area contributed by atoms with Crippen LogP contribution < -0.4 is 11.5 Å². The first kappa shape index (κ1) is 18.6. The van der Waals surface area contributed by atoms with Crippen molar-refractivity contribution >= 4 is 50.9 Å². The van der Waals surface area contributed by atoms with E-state index >= 15 is 0 Å². The van der Waals surface area contributed by atoms with Gasteiger partial charge in [0.15, 0.2) is 0 Å². The van der Waals surface area contributed by atoms with Crippen molar-refractivity contribution in [2.24, 2.45) is 16.6 Å². The number of fused-ring (bicyclic) bond motifs is 1. The predicted octanol–water partition coefficient (Wildman–Crippen LogP) is 3.39. The zero-order valence-corrected chi connectivity index (χ0v) is 16.6. The highest BCUT2D eigenvalue weighted by Crippen LogP contribution is 2.28. The maximum atomic E-state index is 6.32. The molecule has 140 valence electrons. The first-order valence-corrected chi connectivity index (χ1v) is 10.0. The maximum Gasteiger partial charge on any atom is 0.147 e. The van der Waals surface area contributed by atoms with E-state index < -0.39 is 0 Å². The van der Waals surface area contributed by atoms with Gasteiger partial charge in [0.05, 0.1) is 28.3 Å². The normalized spacial score (nSPS) is 18.1. The molecule has 0 radical (unpaired) electrons. The first-order valence-electron chi connectivity index (χ1n) is 8.40. The molecule has 2 aromatic carbocycles. The molecule has 5 N–H and O–H groups in total. The summed E-state index contributed by atoms with van der Waals surface area (Å²) in [6.45, 7) is 0.547.